The molecular formula is C19H24N6O2S. The van der Waals surface area contributed by atoms with Gasteiger partial charge < -0.3 is 14.2 Å². The molecule has 1 aliphatic heterocycles. The van der Waals surface area contributed by atoms with Crippen molar-refractivity contribution in [1.29, 1.82) is 0 Å². The van der Waals surface area contributed by atoms with Crippen LogP contribution in [0.4, 0.5) is 5.95 Å². The minimum Gasteiger partial charge on any atom is -0.378 e. The van der Waals surface area contributed by atoms with E-state index in [2.05, 4.69) is 48.9 Å². The largest absolute Gasteiger partial charge is 0.378 e. The molecule has 0 amide bonds. The molecule has 3 heterocycles. The third-order valence-corrected chi connectivity index (χ3v) is 5.54. The lowest BCUT2D eigenvalue weighted by Crippen LogP contribution is -2.37. The number of para-hydroxylation sites is 1. The number of nitrogens with zero attached hydrogens (tertiary/aromatic N) is 6. The summed E-state index contributed by atoms with van der Waals surface area (Å²) in [5.41, 5.74) is 1.03. The zero-order valence-electron chi connectivity index (χ0n) is 16.1. The fraction of sp³-hybridized carbons (Fsp3) is 0.474. The van der Waals surface area contributed by atoms with Crippen LogP contribution in [-0.4, -0.2) is 51.2 Å². The van der Waals surface area contributed by atoms with Gasteiger partial charge in [0.25, 0.3) is 0 Å². The monoisotopic (exact) mass is 400 g/mol. The number of hydrogen-bond donors (Lipinski definition) is 0. The fourth-order valence-corrected chi connectivity index (χ4v) is 3.97. The summed E-state index contributed by atoms with van der Waals surface area (Å²) in [4.78, 5) is 6.72. The highest BCUT2D eigenvalue weighted by Crippen LogP contribution is 2.36. The van der Waals surface area contributed by atoms with Crippen molar-refractivity contribution in [3.8, 4) is 5.69 Å². The summed E-state index contributed by atoms with van der Waals surface area (Å²) in [5, 5.41) is 13.8. The Bertz CT molecular complexity index is 891. The Morgan fingerprint density at radius 3 is 2.68 bits per heavy atom. The summed E-state index contributed by atoms with van der Waals surface area (Å²) < 4.78 is 13.0. The molecule has 2 aromatic heterocycles. The first-order valence-corrected chi connectivity index (χ1v) is 10.5. The van der Waals surface area contributed by atoms with Gasteiger partial charge in [0.2, 0.25) is 11.8 Å². The topological polar surface area (TPSA) is 82.1 Å². The third kappa shape index (κ3) is 4.05. The first-order chi connectivity index (χ1) is 13.8. The average Bonchev–Trinajstić information content (AvgIpc) is 3.37. The minimum atomic E-state index is -0.0256. The zero-order valence-corrected chi connectivity index (χ0v) is 16.9. The molecule has 1 aliphatic rings. The summed E-state index contributed by atoms with van der Waals surface area (Å²) in [7, 11) is 0. The molecule has 0 N–H and O–H groups in total. The molecule has 0 aliphatic carbocycles. The van der Waals surface area contributed by atoms with Gasteiger partial charge in [-0.15, -0.1) is 10.2 Å². The van der Waals surface area contributed by atoms with Gasteiger partial charge in [-0.2, -0.15) is 4.98 Å². The molecule has 1 aromatic carbocycles. The second-order valence-electron chi connectivity index (χ2n) is 6.61. The molecule has 0 spiro atoms. The Labute approximate surface area is 168 Å². The molecule has 8 nitrogen and oxygen atoms in total. The Kier molecular flexibility index (Phi) is 5.92. The first-order valence-electron chi connectivity index (χ1n) is 9.59. The summed E-state index contributed by atoms with van der Waals surface area (Å²) in [6.07, 6.45) is 1.81. The summed E-state index contributed by atoms with van der Waals surface area (Å²) >= 11 is 1.57. The molecule has 0 saturated carbocycles. The van der Waals surface area contributed by atoms with E-state index in [1.165, 1.54) is 0 Å². The minimum absolute atomic E-state index is 0.0256. The second kappa shape index (κ2) is 8.74. The molecule has 3 aromatic rings. The van der Waals surface area contributed by atoms with Gasteiger partial charge in [0, 0.05) is 19.5 Å². The summed E-state index contributed by atoms with van der Waals surface area (Å²) in [5.74, 6) is 2.20. The Morgan fingerprint density at radius 2 is 1.93 bits per heavy atom. The molecule has 0 radical (unpaired) electrons. The van der Waals surface area contributed by atoms with Gasteiger partial charge >= 0.3 is 0 Å². The van der Waals surface area contributed by atoms with Crippen molar-refractivity contribution in [2.24, 2.45) is 0 Å². The maximum atomic E-state index is 5.49. The van der Waals surface area contributed by atoms with Gasteiger partial charge in [-0.1, -0.05) is 42.0 Å². The van der Waals surface area contributed by atoms with Crippen LogP contribution in [0.15, 0.2) is 40.0 Å². The normalized spacial score (nSPS) is 15.7. The molecule has 28 heavy (non-hydrogen) atoms. The number of rotatable bonds is 7. The molecule has 9 heteroatoms. The molecule has 0 bridgehead atoms. The number of aryl methyl sites for hydroxylation is 1. The van der Waals surface area contributed by atoms with Crippen LogP contribution in [0.3, 0.4) is 0 Å². The van der Waals surface area contributed by atoms with Gasteiger partial charge in [-0.05, 0) is 25.5 Å². The van der Waals surface area contributed by atoms with Gasteiger partial charge in [-0.3, -0.25) is 4.57 Å². The van der Waals surface area contributed by atoms with Crippen molar-refractivity contribution in [3.05, 3.63) is 42.0 Å². The molecule has 148 valence electrons. The maximum absolute atomic E-state index is 5.49. The zero-order chi connectivity index (χ0) is 19.3. The van der Waals surface area contributed by atoms with Gasteiger partial charge in [0.05, 0.1) is 24.2 Å². The molecule has 1 atom stereocenters. The molecule has 4 rings (SSSR count). The van der Waals surface area contributed by atoms with Gasteiger partial charge in [-0.25, -0.2) is 0 Å². The van der Waals surface area contributed by atoms with Crippen molar-refractivity contribution in [2.75, 3.05) is 31.2 Å². The highest BCUT2D eigenvalue weighted by Gasteiger charge is 2.25. The van der Waals surface area contributed by atoms with E-state index < -0.39 is 0 Å². The van der Waals surface area contributed by atoms with E-state index in [0.717, 1.165) is 48.5 Å². The smallest absolute Gasteiger partial charge is 0.239 e. The quantitative estimate of drug-likeness (QED) is 0.559. The van der Waals surface area contributed by atoms with Crippen LogP contribution in [0.25, 0.3) is 5.69 Å². The first kappa shape index (κ1) is 18.9. The number of hydrogen-bond acceptors (Lipinski definition) is 8. The molecule has 1 fully saturated rings. The summed E-state index contributed by atoms with van der Waals surface area (Å²) in [6.45, 7) is 7.14. The summed E-state index contributed by atoms with van der Waals surface area (Å²) in [6, 6.07) is 10.2. The Hall–Kier alpha value is -2.39. The van der Waals surface area contributed by atoms with Crippen molar-refractivity contribution >= 4 is 17.7 Å². The van der Waals surface area contributed by atoms with Gasteiger partial charge in [0.1, 0.15) is 0 Å². The van der Waals surface area contributed by atoms with Crippen LogP contribution in [0.5, 0.6) is 0 Å². The van der Waals surface area contributed by atoms with E-state index in [4.69, 9.17) is 9.26 Å². The van der Waals surface area contributed by atoms with Crippen LogP contribution in [-0.2, 0) is 11.2 Å². The number of anilines is 1. The highest BCUT2D eigenvalue weighted by atomic mass is 32.2. The number of morpholine rings is 1. The van der Waals surface area contributed by atoms with Crippen molar-refractivity contribution in [2.45, 2.75) is 37.1 Å². The van der Waals surface area contributed by atoms with E-state index in [-0.39, 0.29) is 5.25 Å². The Balaban J connectivity index is 1.63. The van der Waals surface area contributed by atoms with E-state index in [1.54, 1.807) is 11.8 Å². The van der Waals surface area contributed by atoms with Crippen LogP contribution >= 0.6 is 11.8 Å². The van der Waals surface area contributed by atoms with Crippen LogP contribution in [0.1, 0.15) is 37.2 Å². The lowest BCUT2D eigenvalue weighted by Gasteiger charge is -2.28. The Morgan fingerprint density at radius 1 is 1.14 bits per heavy atom. The molecule has 1 saturated heterocycles. The number of thioether (sulfide) groups is 1. The number of ether oxygens (including phenoxy) is 1. The van der Waals surface area contributed by atoms with Crippen molar-refractivity contribution in [1.82, 2.24) is 24.9 Å². The highest BCUT2D eigenvalue weighted by molar-refractivity contribution is 7.99. The van der Waals surface area contributed by atoms with Crippen LogP contribution in [0, 0.1) is 0 Å². The molecule has 0 unspecified atom stereocenters. The number of aromatic nitrogens is 5. The second-order valence-corrected chi connectivity index (χ2v) is 7.92. The fourth-order valence-electron chi connectivity index (χ4n) is 3.08. The molecular weight excluding hydrogens is 376 g/mol. The van der Waals surface area contributed by atoms with Gasteiger partial charge in [0.15, 0.2) is 11.0 Å². The van der Waals surface area contributed by atoms with Crippen LogP contribution in [0.2, 0.25) is 0 Å². The standard InChI is InChI=1S/C19H24N6O2S/c1-3-7-16-20-17(27-23-16)14(2)28-19-22-21-18(24-10-12-26-13-11-24)25(19)15-8-5-4-6-9-15/h4-6,8-9,14H,3,7,10-13H2,1-2H3/t14-/m1/s1. The maximum Gasteiger partial charge on any atom is 0.239 e. The van der Waals surface area contributed by atoms with Crippen molar-refractivity contribution in [3.63, 3.8) is 0 Å². The van der Waals surface area contributed by atoms with E-state index in [0.29, 0.717) is 19.1 Å². The lowest BCUT2D eigenvalue weighted by molar-refractivity contribution is 0.122. The van der Waals surface area contributed by atoms with E-state index in [9.17, 15) is 0 Å². The third-order valence-electron chi connectivity index (χ3n) is 4.51. The van der Waals surface area contributed by atoms with E-state index >= 15 is 0 Å². The lowest BCUT2D eigenvalue weighted by atomic mass is 10.3. The van der Waals surface area contributed by atoms with E-state index in [1.807, 2.05) is 25.1 Å². The average molecular weight is 401 g/mol. The van der Waals surface area contributed by atoms with Crippen molar-refractivity contribution < 1.29 is 9.26 Å². The predicted molar refractivity (Wildman–Crippen MR) is 107 cm³/mol. The predicted octanol–water partition coefficient (Wildman–Crippen LogP) is 3.29. The SMILES string of the molecule is CCCc1noc([C@@H](C)Sc2nnc(N3CCOCC3)n2-c2ccccc2)n1. The number of benzene rings is 1. The van der Waals surface area contributed by atoms with Crippen LogP contribution < -0.4 is 4.90 Å².